The number of anilines is 1. The molecule has 5 nitrogen and oxygen atoms in total. The molecule has 0 amide bonds. The highest BCUT2D eigenvalue weighted by Crippen LogP contribution is 2.42. The summed E-state index contributed by atoms with van der Waals surface area (Å²) >= 11 is 0. The molecule has 0 heterocycles. The van der Waals surface area contributed by atoms with Gasteiger partial charge in [-0.25, -0.2) is 0 Å². The third-order valence-electron chi connectivity index (χ3n) is 5.01. The number of hydrogen-bond acceptors (Lipinski definition) is 5. The average Bonchev–Trinajstić information content (AvgIpc) is 2.73. The first-order valence-electron chi connectivity index (χ1n) is 9.38. The van der Waals surface area contributed by atoms with Gasteiger partial charge in [-0.05, 0) is 30.5 Å². The molecule has 1 aliphatic carbocycles. The van der Waals surface area contributed by atoms with Crippen LogP contribution in [0.3, 0.4) is 0 Å². The average molecular weight is 385 g/mol. The lowest BCUT2D eigenvalue weighted by Crippen LogP contribution is -2.28. The van der Waals surface area contributed by atoms with Crippen molar-refractivity contribution in [3.05, 3.63) is 77.4 Å². The largest absolute Gasteiger partial charge is 0.426 e. The van der Waals surface area contributed by atoms with Gasteiger partial charge in [-0.1, -0.05) is 42.5 Å². The quantitative estimate of drug-likeness (QED) is 0.282. The Balaban J connectivity index is 2.06. The van der Waals surface area contributed by atoms with Gasteiger partial charge in [-0.2, -0.15) is 0 Å². The van der Waals surface area contributed by atoms with Crippen LogP contribution in [0, 0.1) is 0 Å². The summed E-state index contributed by atoms with van der Waals surface area (Å²) in [4.78, 5) is 39.0. The maximum absolute atomic E-state index is 13.4. The van der Waals surface area contributed by atoms with Crippen LogP contribution in [0.4, 0.5) is 5.69 Å². The molecule has 0 radical (unpaired) electrons. The van der Waals surface area contributed by atoms with E-state index < -0.39 is 11.8 Å². The minimum atomic E-state index is -0.521. The number of benzene rings is 3. The molecule has 0 N–H and O–H groups in total. The Morgan fingerprint density at radius 2 is 1.79 bits per heavy atom. The third-order valence-corrected chi connectivity index (χ3v) is 5.01. The smallest absolute Gasteiger partial charge is 0.308 e. The van der Waals surface area contributed by atoms with Gasteiger partial charge < -0.3 is 9.64 Å². The number of para-hydroxylation sites is 1. The second kappa shape index (κ2) is 7.36. The molecule has 0 saturated heterocycles. The fourth-order valence-corrected chi connectivity index (χ4v) is 3.89. The van der Waals surface area contributed by atoms with Crippen molar-refractivity contribution in [3.8, 4) is 5.75 Å². The lowest BCUT2D eigenvalue weighted by molar-refractivity contribution is -0.131. The summed E-state index contributed by atoms with van der Waals surface area (Å²) < 4.78 is 5.29. The summed E-state index contributed by atoms with van der Waals surface area (Å²) in [5.41, 5.74) is 2.52. The van der Waals surface area contributed by atoms with E-state index in [1.807, 2.05) is 66.4 Å². The van der Waals surface area contributed by atoms with Gasteiger partial charge in [0.15, 0.2) is 6.29 Å². The molecule has 1 aliphatic rings. The number of carbonyl (C=O) groups is 3. The van der Waals surface area contributed by atoms with E-state index in [1.165, 1.54) is 6.92 Å². The van der Waals surface area contributed by atoms with Gasteiger partial charge in [0.25, 0.3) is 0 Å². The summed E-state index contributed by atoms with van der Waals surface area (Å²) in [6.07, 6.45) is 0.593. The number of rotatable bonds is 5. The molecule has 0 aromatic heterocycles. The molecule has 5 heteroatoms. The van der Waals surface area contributed by atoms with Crippen LogP contribution in [0.5, 0.6) is 5.75 Å². The second-order valence-corrected chi connectivity index (χ2v) is 6.73. The van der Waals surface area contributed by atoms with Crippen LogP contribution >= 0.6 is 0 Å². The van der Waals surface area contributed by atoms with Crippen LogP contribution in [0.15, 0.2) is 66.2 Å². The Kier molecular flexibility index (Phi) is 4.72. The number of ether oxygens (including phenoxy) is 1. The van der Waals surface area contributed by atoms with Crippen molar-refractivity contribution in [2.24, 2.45) is 0 Å². The first-order chi connectivity index (χ1) is 14.1. The molecular formula is C24H19NO4. The Hall–Kier alpha value is -3.73. The Morgan fingerprint density at radius 1 is 1.03 bits per heavy atom. The Morgan fingerprint density at radius 3 is 2.45 bits per heavy atom. The monoisotopic (exact) mass is 385 g/mol. The van der Waals surface area contributed by atoms with Crippen LogP contribution in [0.2, 0.25) is 0 Å². The van der Waals surface area contributed by atoms with Crippen LogP contribution in [-0.4, -0.2) is 24.6 Å². The second-order valence-electron chi connectivity index (χ2n) is 6.73. The summed E-state index contributed by atoms with van der Waals surface area (Å²) in [5, 5.41) is 1.53. The molecule has 0 atom stereocenters. The van der Waals surface area contributed by atoms with Crippen molar-refractivity contribution in [2.75, 3.05) is 11.4 Å². The molecule has 3 aromatic carbocycles. The molecule has 3 aromatic rings. The van der Waals surface area contributed by atoms with E-state index >= 15 is 0 Å². The molecule has 0 bridgehead atoms. The van der Waals surface area contributed by atoms with Gasteiger partial charge in [0, 0.05) is 30.1 Å². The number of allylic oxidation sites excluding steroid dienone is 1. The number of carbonyl (C=O) groups excluding carboxylic acids is 3. The highest BCUT2D eigenvalue weighted by atomic mass is 16.5. The van der Waals surface area contributed by atoms with E-state index in [-0.39, 0.29) is 16.9 Å². The van der Waals surface area contributed by atoms with Crippen molar-refractivity contribution < 1.29 is 19.1 Å². The van der Waals surface area contributed by atoms with Crippen LogP contribution in [0.1, 0.15) is 29.8 Å². The predicted molar refractivity (Wildman–Crippen MR) is 112 cm³/mol. The molecule has 29 heavy (non-hydrogen) atoms. The first-order valence-corrected chi connectivity index (χ1v) is 9.38. The number of Topliss-reactive ketones (excluding diaryl/α,β-unsaturated/α-hetero) is 1. The van der Waals surface area contributed by atoms with Crippen LogP contribution < -0.4 is 9.64 Å². The predicted octanol–water partition coefficient (Wildman–Crippen LogP) is 4.40. The van der Waals surface area contributed by atoms with Crippen LogP contribution in [-0.2, 0) is 9.59 Å². The van der Waals surface area contributed by atoms with Gasteiger partial charge in [0.05, 0.1) is 16.8 Å². The Labute approximate surface area is 168 Å². The lowest BCUT2D eigenvalue weighted by atomic mass is 9.84. The number of hydrogen-bond donors (Lipinski definition) is 0. The topological polar surface area (TPSA) is 63.7 Å². The molecule has 144 valence electrons. The van der Waals surface area contributed by atoms with Gasteiger partial charge >= 0.3 is 5.97 Å². The van der Waals surface area contributed by atoms with Crippen molar-refractivity contribution in [3.63, 3.8) is 0 Å². The van der Waals surface area contributed by atoms with Crippen molar-refractivity contribution in [1.29, 1.82) is 0 Å². The molecule has 0 fully saturated rings. The maximum atomic E-state index is 13.4. The fourth-order valence-electron chi connectivity index (χ4n) is 3.89. The minimum absolute atomic E-state index is 0.0512. The minimum Gasteiger partial charge on any atom is -0.426 e. The Bertz CT molecular complexity index is 1180. The van der Waals surface area contributed by atoms with E-state index in [0.717, 1.165) is 16.6 Å². The van der Waals surface area contributed by atoms with Gasteiger partial charge in [0.2, 0.25) is 5.78 Å². The molecule has 0 spiro atoms. The zero-order chi connectivity index (χ0) is 20.5. The standard InChI is InChI=1S/C24H19NO4/c1-3-25(17-9-5-4-6-10-17)23-18-11-7-8-16-12-13-20(29-15(2)27)22(21(16)18)24(28)19(23)14-26/h4-14H,3H2,1-2H3. The summed E-state index contributed by atoms with van der Waals surface area (Å²) in [6, 6.07) is 18.7. The summed E-state index contributed by atoms with van der Waals surface area (Å²) in [6.45, 7) is 3.82. The van der Waals surface area contributed by atoms with E-state index in [4.69, 9.17) is 4.74 Å². The van der Waals surface area contributed by atoms with E-state index in [0.29, 0.717) is 23.9 Å². The maximum Gasteiger partial charge on any atom is 0.308 e. The normalized spacial score (nSPS) is 12.8. The molecule has 0 unspecified atom stereocenters. The summed E-state index contributed by atoms with van der Waals surface area (Å²) in [5.74, 6) is -0.790. The zero-order valence-corrected chi connectivity index (χ0v) is 16.1. The number of nitrogens with zero attached hydrogens (tertiary/aromatic N) is 1. The van der Waals surface area contributed by atoms with Crippen molar-refractivity contribution >= 4 is 40.2 Å². The number of esters is 1. The van der Waals surface area contributed by atoms with E-state index in [9.17, 15) is 14.4 Å². The SMILES string of the molecule is CCN(C1=C(C=O)C(=O)c2c(OC(C)=O)ccc3cccc1c23)c1ccccc1. The summed E-state index contributed by atoms with van der Waals surface area (Å²) in [7, 11) is 0. The molecular weight excluding hydrogens is 366 g/mol. The van der Waals surface area contributed by atoms with Crippen LogP contribution in [0.25, 0.3) is 16.5 Å². The fraction of sp³-hybridized carbons (Fsp3) is 0.125. The highest BCUT2D eigenvalue weighted by molar-refractivity contribution is 6.34. The van der Waals surface area contributed by atoms with Gasteiger partial charge in [-0.3, -0.25) is 14.4 Å². The van der Waals surface area contributed by atoms with Crippen molar-refractivity contribution in [2.45, 2.75) is 13.8 Å². The van der Waals surface area contributed by atoms with Crippen molar-refractivity contribution in [1.82, 2.24) is 0 Å². The molecule has 4 rings (SSSR count). The lowest BCUT2D eigenvalue weighted by Gasteiger charge is -2.31. The number of aldehydes is 1. The highest BCUT2D eigenvalue weighted by Gasteiger charge is 2.33. The van der Waals surface area contributed by atoms with E-state index in [2.05, 4.69) is 0 Å². The molecule has 0 aliphatic heterocycles. The zero-order valence-electron chi connectivity index (χ0n) is 16.1. The van der Waals surface area contributed by atoms with Gasteiger partial charge in [0.1, 0.15) is 5.75 Å². The van der Waals surface area contributed by atoms with Gasteiger partial charge in [-0.15, -0.1) is 0 Å². The molecule has 0 saturated carbocycles. The van der Waals surface area contributed by atoms with E-state index in [1.54, 1.807) is 6.07 Å². The first kappa shape index (κ1) is 18.6. The third kappa shape index (κ3) is 3.01. The number of ketones is 1.